The Bertz CT molecular complexity index is 640. The molecule has 0 saturated heterocycles. The van der Waals surface area contributed by atoms with Gasteiger partial charge in [-0.05, 0) is 12.1 Å². The average Bonchev–Trinajstić information content (AvgIpc) is 2.43. The van der Waals surface area contributed by atoms with E-state index >= 15 is 0 Å². The summed E-state index contributed by atoms with van der Waals surface area (Å²) in [5, 5.41) is 3.20. The number of methoxy groups -OCH3 is 1. The molecule has 98 valence electrons. The van der Waals surface area contributed by atoms with Crippen molar-refractivity contribution in [2.45, 2.75) is 0 Å². The third kappa shape index (κ3) is 2.79. The fraction of sp³-hybridized carbons (Fsp3) is 0.154. The van der Waals surface area contributed by atoms with Crippen molar-refractivity contribution in [3.05, 3.63) is 36.0 Å². The Kier molecular flexibility index (Phi) is 3.61. The van der Waals surface area contributed by atoms with Gasteiger partial charge in [-0.2, -0.15) is 0 Å². The van der Waals surface area contributed by atoms with Crippen molar-refractivity contribution in [2.75, 3.05) is 13.7 Å². The first-order valence-corrected chi connectivity index (χ1v) is 5.62. The number of nitrogens with zero attached hydrogens (tertiary/aromatic N) is 1. The average molecular weight is 259 g/mol. The molecule has 6 heteroatoms. The first-order valence-electron chi connectivity index (χ1n) is 5.62. The molecule has 1 aromatic carbocycles. The highest BCUT2D eigenvalue weighted by Gasteiger charge is 2.12. The molecule has 0 spiro atoms. The van der Waals surface area contributed by atoms with Crippen molar-refractivity contribution < 1.29 is 14.3 Å². The van der Waals surface area contributed by atoms with E-state index in [-0.39, 0.29) is 12.2 Å². The van der Waals surface area contributed by atoms with Crippen molar-refractivity contribution in [1.82, 2.24) is 10.3 Å². The second kappa shape index (κ2) is 5.34. The van der Waals surface area contributed by atoms with Crippen LogP contribution in [0.15, 0.2) is 30.3 Å². The lowest BCUT2D eigenvalue weighted by atomic mass is 10.2. The zero-order chi connectivity index (χ0) is 13.8. The van der Waals surface area contributed by atoms with Crippen LogP contribution < -0.4 is 15.8 Å². The summed E-state index contributed by atoms with van der Waals surface area (Å²) < 4.78 is 5.23. The van der Waals surface area contributed by atoms with Gasteiger partial charge in [0.05, 0.1) is 19.2 Å². The Morgan fingerprint density at radius 2 is 2.11 bits per heavy atom. The van der Waals surface area contributed by atoms with E-state index in [1.807, 2.05) is 18.2 Å². The van der Waals surface area contributed by atoms with Gasteiger partial charge in [0.15, 0.2) is 0 Å². The maximum absolute atomic E-state index is 11.8. The maximum atomic E-state index is 11.8. The predicted molar refractivity (Wildman–Crippen MR) is 69.8 cm³/mol. The number of carbonyl (C=O) groups excluding carboxylic acids is 2. The third-order valence-electron chi connectivity index (χ3n) is 2.55. The molecule has 0 atom stereocenters. The van der Waals surface area contributed by atoms with E-state index in [1.54, 1.807) is 6.07 Å². The fourth-order valence-electron chi connectivity index (χ4n) is 1.69. The molecule has 2 rings (SSSR count). The standard InChI is InChI=1S/C13H13N3O3/c1-19-11-6-10(13(18)15-7-12(14)17)16-9-5-3-2-4-8(9)11/h2-6H,7H2,1H3,(H2,14,17)(H,15,18). The van der Waals surface area contributed by atoms with E-state index in [0.29, 0.717) is 11.3 Å². The Labute approximate surface area is 109 Å². The highest BCUT2D eigenvalue weighted by atomic mass is 16.5. The molecule has 2 amide bonds. The molecule has 3 N–H and O–H groups in total. The molecule has 19 heavy (non-hydrogen) atoms. The number of hydrogen-bond donors (Lipinski definition) is 2. The van der Waals surface area contributed by atoms with Crippen LogP contribution in [0, 0.1) is 0 Å². The molecule has 0 saturated carbocycles. The number of aromatic nitrogens is 1. The van der Waals surface area contributed by atoms with Gasteiger partial charge in [0.2, 0.25) is 5.91 Å². The minimum absolute atomic E-state index is 0.178. The van der Waals surface area contributed by atoms with E-state index in [4.69, 9.17) is 10.5 Å². The zero-order valence-electron chi connectivity index (χ0n) is 10.3. The molecule has 6 nitrogen and oxygen atoms in total. The minimum Gasteiger partial charge on any atom is -0.496 e. The normalized spacial score (nSPS) is 10.2. The van der Waals surface area contributed by atoms with Gasteiger partial charge in [-0.1, -0.05) is 12.1 Å². The number of amides is 2. The summed E-state index contributed by atoms with van der Waals surface area (Å²) in [5.74, 6) is -0.529. The number of ether oxygens (including phenoxy) is 1. The van der Waals surface area contributed by atoms with Crippen LogP contribution in [0.3, 0.4) is 0 Å². The van der Waals surface area contributed by atoms with Crippen LogP contribution in [0.1, 0.15) is 10.5 Å². The smallest absolute Gasteiger partial charge is 0.270 e. The van der Waals surface area contributed by atoms with Gasteiger partial charge in [0.1, 0.15) is 11.4 Å². The summed E-state index contributed by atoms with van der Waals surface area (Å²) in [5.41, 5.74) is 5.79. The van der Waals surface area contributed by atoms with Gasteiger partial charge >= 0.3 is 0 Å². The Balaban J connectivity index is 2.39. The molecule has 0 unspecified atom stereocenters. The van der Waals surface area contributed by atoms with E-state index in [9.17, 15) is 9.59 Å². The van der Waals surface area contributed by atoms with Gasteiger partial charge in [-0.3, -0.25) is 9.59 Å². The molecule has 0 radical (unpaired) electrons. The molecule has 0 aliphatic heterocycles. The predicted octanol–water partition coefficient (Wildman–Crippen LogP) is 0.459. The largest absolute Gasteiger partial charge is 0.496 e. The number of hydrogen-bond acceptors (Lipinski definition) is 4. The number of pyridine rings is 1. The molecular formula is C13H13N3O3. The van der Waals surface area contributed by atoms with Crippen LogP contribution >= 0.6 is 0 Å². The molecular weight excluding hydrogens is 246 g/mol. The maximum Gasteiger partial charge on any atom is 0.270 e. The van der Waals surface area contributed by atoms with Crippen LogP contribution in [0.4, 0.5) is 0 Å². The number of nitrogens with two attached hydrogens (primary N) is 1. The highest BCUT2D eigenvalue weighted by Crippen LogP contribution is 2.24. The lowest BCUT2D eigenvalue weighted by molar-refractivity contribution is -0.117. The van der Waals surface area contributed by atoms with Crippen molar-refractivity contribution in [2.24, 2.45) is 5.73 Å². The number of rotatable bonds is 4. The topological polar surface area (TPSA) is 94.3 Å². The number of nitrogens with one attached hydrogen (secondary N) is 1. The zero-order valence-corrected chi connectivity index (χ0v) is 10.3. The quantitative estimate of drug-likeness (QED) is 0.833. The summed E-state index contributed by atoms with van der Waals surface area (Å²) in [4.78, 5) is 26.7. The lowest BCUT2D eigenvalue weighted by Gasteiger charge is -2.08. The number of carbonyl (C=O) groups is 2. The number of para-hydroxylation sites is 1. The molecule has 0 fully saturated rings. The Morgan fingerprint density at radius 3 is 2.79 bits per heavy atom. The number of fused-ring (bicyclic) bond motifs is 1. The first-order chi connectivity index (χ1) is 9.11. The van der Waals surface area contributed by atoms with Crippen LogP contribution in [0.5, 0.6) is 5.75 Å². The second-order valence-corrected chi connectivity index (χ2v) is 3.88. The lowest BCUT2D eigenvalue weighted by Crippen LogP contribution is -2.33. The fourth-order valence-corrected chi connectivity index (χ4v) is 1.69. The molecule has 1 aromatic heterocycles. The molecule has 0 aliphatic carbocycles. The second-order valence-electron chi connectivity index (χ2n) is 3.88. The van der Waals surface area contributed by atoms with E-state index < -0.39 is 11.8 Å². The van der Waals surface area contributed by atoms with Gasteiger partial charge in [0.25, 0.3) is 5.91 Å². The van der Waals surface area contributed by atoms with Crippen LogP contribution in [-0.4, -0.2) is 30.5 Å². The van der Waals surface area contributed by atoms with Crippen LogP contribution in [-0.2, 0) is 4.79 Å². The summed E-state index contributed by atoms with van der Waals surface area (Å²) in [6.45, 7) is -0.227. The monoisotopic (exact) mass is 259 g/mol. The summed E-state index contributed by atoms with van der Waals surface area (Å²) >= 11 is 0. The summed E-state index contributed by atoms with van der Waals surface area (Å²) in [6.07, 6.45) is 0. The van der Waals surface area contributed by atoms with Crippen LogP contribution in [0.25, 0.3) is 10.9 Å². The van der Waals surface area contributed by atoms with Crippen LogP contribution in [0.2, 0.25) is 0 Å². The first kappa shape index (κ1) is 12.8. The van der Waals surface area contributed by atoms with Gasteiger partial charge in [-0.25, -0.2) is 4.98 Å². The van der Waals surface area contributed by atoms with Crippen molar-refractivity contribution in [1.29, 1.82) is 0 Å². The van der Waals surface area contributed by atoms with Gasteiger partial charge in [0, 0.05) is 11.5 Å². The van der Waals surface area contributed by atoms with Crippen molar-refractivity contribution in [3.8, 4) is 5.75 Å². The highest BCUT2D eigenvalue weighted by molar-refractivity contribution is 5.98. The van der Waals surface area contributed by atoms with E-state index in [1.165, 1.54) is 13.2 Å². The van der Waals surface area contributed by atoms with E-state index in [2.05, 4.69) is 10.3 Å². The molecule has 2 aromatic rings. The van der Waals surface area contributed by atoms with E-state index in [0.717, 1.165) is 5.39 Å². The number of benzene rings is 1. The summed E-state index contributed by atoms with van der Waals surface area (Å²) in [7, 11) is 1.52. The molecule has 0 bridgehead atoms. The summed E-state index contributed by atoms with van der Waals surface area (Å²) in [6, 6.07) is 8.84. The molecule has 0 aliphatic rings. The third-order valence-corrected chi connectivity index (χ3v) is 2.55. The Hall–Kier alpha value is -2.63. The van der Waals surface area contributed by atoms with Gasteiger partial charge in [-0.15, -0.1) is 0 Å². The molecule has 1 heterocycles. The van der Waals surface area contributed by atoms with Crippen molar-refractivity contribution in [3.63, 3.8) is 0 Å². The SMILES string of the molecule is COc1cc(C(=O)NCC(N)=O)nc2ccccc12. The minimum atomic E-state index is -0.610. The van der Waals surface area contributed by atoms with Crippen molar-refractivity contribution >= 4 is 22.7 Å². The number of primary amides is 1. The van der Waals surface area contributed by atoms with Gasteiger partial charge < -0.3 is 15.8 Å². The Morgan fingerprint density at radius 1 is 1.37 bits per heavy atom.